The number of carbonyl (C=O) groups excluding carboxylic acids is 1. The Kier molecular flexibility index (Phi) is 4.04. The Bertz CT molecular complexity index is 264. The Morgan fingerprint density at radius 2 is 2.08 bits per heavy atom. The van der Waals surface area contributed by atoms with Gasteiger partial charge in [-0.15, -0.1) is 0 Å². The van der Waals surface area contributed by atoms with Crippen LogP contribution >= 0.6 is 0 Å². The Labute approximate surface area is 80.3 Å². The highest BCUT2D eigenvalue weighted by atomic mass is 28.2. The molecule has 0 atom stereocenters. The summed E-state index contributed by atoms with van der Waals surface area (Å²) in [6, 6.07) is 10.4. The van der Waals surface area contributed by atoms with Gasteiger partial charge in [0.05, 0.1) is 5.69 Å². The van der Waals surface area contributed by atoms with Crippen molar-refractivity contribution in [3.8, 4) is 0 Å². The molecule has 0 unspecified atom stereocenters. The van der Waals surface area contributed by atoms with Gasteiger partial charge in [0.2, 0.25) is 5.53 Å². The fourth-order valence-corrected chi connectivity index (χ4v) is 1.33. The lowest BCUT2D eigenvalue weighted by atomic mass is 10.3. The second kappa shape index (κ2) is 5.37. The SMILES string of the molecule is CC[Si]C(=O)NNc1ccccc1. The summed E-state index contributed by atoms with van der Waals surface area (Å²) in [5.41, 5.74) is 6.41. The number of amides is 1. The molecule has 0 bridgehead atoms. The van der Waals surface area contributed by atoms with Crippen molar-refractivity contribution in [3.05, 3.63) is 30.3 Å². The third-order valence-electron chi connectivity index (χ3n) is 1.43. The van der Waals surface area contributed by atoms with E-state index >= 15 is 0 Å². The van der Waals surface area contributed by atoms with Crippen molar-refractivity contribution in [2.45, 2.75) is 13.0 Å². The normalized spacial score (nSPS) is 9.31. The van der Waals surface area contributed by atoms with Crippen LogP contribution in [0.2, 0.25) is 6.04 Å². The molecule has 0 aromatic heterocycles. The molecule has 1 aromatic rings. The first-order valence-corrected chi connectivity index (χ1v) is 5.38. The monoisotopic (exact) mass is 192 g/mol. The van der Waals surface area contributed by atoms with Gasteiger partial charge in [-0.1, -0.05) is 31.2 Å². The van der Waals surface area contributed by atoms with Gasteiger partial charge in [-0.05, 0) is 12.1 Å². The van der Waals surface area contributed by atoms with Crippen LogP contribution in [0.5, 0.6) is 0 Å². The molecule has 0 aliphatic carbocycles. The maximum Gasteiger partial charge on any atom is 0.205 e. The average molecular weight is 192 g/mol. The molecule has 0 saturated carbocycles. The molecule has 0 aliphatic rings. The standard InChI is InChI=1S/C9H12N2OSi/c1-2-13-9(12)11-10-8-6-4-3-5-7-8/h3-7,10H,2H2,1H3,(H,11,12). The van der Waals surface area contributed by atoms with Crippen molar-refractivity contribution in [1.82, 2.24) is 5.43 Å². The van der Waals surface area contributed by atoms with Gasteiger partial charge in [0, 0.05) is 0 Å². The number of hydrazine groups is 1. The van der Waals surface area contributed by atoms with Crippen LogP contribution in [0.15, 0.2) is 30.3 Å². The zero-order valence-electron chi connectivity index (χ0n) is 7.50. The molecule has 0 aliphatic heterocycles. The molecule has 3 nitrogen and oxygen atoms in total. The Morgan fingerprint density at radius 1 is 1.38 bits per heavy atom. The molecule has 0 fully saturated rings. The predicted octanol–water partition coefficient (Wildman–Crippen LogP) is 1.87. The maximum absolute atomic E-state index is 11.1. The number of nitrogens with one attached hydrogen (secondary N) is 2. The van der Waals surface area contributed by atoms with Gasteiger partial charge in [0.1, 0.15) is 0 Å². The third kappa shape index (κ3) is 3.75. The van der Waals surface area contributed by atoms with Crippen LogP contribution in [-0.2, 0) is 0 Å². The van der Waals surface area contributed by atoms with Crippen molar-refractivity contribution in [2.75, 3.05) is 5.43 Å². The highest BCUT2D eigenvalue weighted by Gasteiger charge is 1.98. The fourth-order valence-electron chi connectivity index (χ4n) is 0.855. The van der Waals surface area contributed by atoms with E-state index in [1.807, 2.05) is 37.3 Å². The quantitative estimate of drug-likeness (QED) is 0.565. The van der Waals surface area contributed by atoms with E-state index < -0.39 is 0 Å². The highest BCUT2D eigenvalue weighted by Crippen LogP contribution is 2.02. The van der Waals surface area contributed by atoms with Crippen LogP contribution < -0.4 is 10.9 Å². The Morgan fingerprint density at radius 3 is 2.69 bits per heavy atom. The summed E-state index contributed by atoms with van der Waals surface area (Å²) in [5, 5.41) is 0. The summed E-state index contributed by atoms with van der Waals surface area (Å²) in [6.45, 7) is 1.99. The van der Waals surface area contributed by atoms with Gasteiger partial charge >= 0.3 is 0 Å². The number of rotatable bonds is 4. The zero-order valence-corrected chi connectivity index (χ0v) is 8.50. The summed E-state index contributed by atoms with van der Waals surface area (Å²) in [7, 11) is 0.328. The smallest absolute Gasteiger partial charge is 0.205 e. The number of hydrogen-bond donors (Lipinski definition) is 2. The van der Waals surface area contributed by atoms with E-state index in [0.717, 1.165) is 11.7 Å². The van der Waals surface area contributed by atoms with Gasteiger partial charge in [0.25, 0.3) is 0 Å². The molecule has 2 radical (unpaired) electrons. The van der Waals surface area contributed by atoms with Crippen molar-refractivity contribution in [2.24, 2.45) is 0 Å². The van der Waals surface area contributed by atoms with Gasteiger partial charge < -0.3 is 0 Å². The molecule has 1 rings (SSSR count). The number of benzene rings is 1. The molecule has 0 heterocycles. The first kappa shape index (κ1) is 9.79. The maximum atomic E-state index is 11.1. The summed E-state index contributed by atoms with van der Waals surface area (Å²) in [5.74, 6) is 0. The molecule has 1 amide bonds. The predicted molar refractivity (Wildman–Crippen MR) is 54.8 cm³/mol. The van der Waals surface area contributed by atoms with E-state index in [1.165, 1.54) is 0 Å². The molecular weight excluding hydrogens is 180 g/mol. The number of carbonyl (C=O) groups is 1. The van der Waals surface area contributed by atoms with Gasteiger partial charge in [-0.2, -0.15) is 0 Å². The molecular formula is C9H12N2OSi. The van der Waals surface area contributed by atoms with Gasteiger partial charge in [-0.25, -0.2) is 0 Å². The Hall–Kier alpha value is -1.29. The minimum Gasteiger partial charge on any atom is -0.299 e. The second-order valence-electron chi connectivity index (χ2n) is 2.48. The Balaban J connectivity index is 2.31. The molecule has 0 saturated heterocycles. The number of anilines is 1. The first-order valence-electron chi connectivity index (χ1n) is 4.18. The van der Waals surface area contributed by atoms with E-state index in [0.29, 0.717) is 9.52 Å². The summed E-state index contributed by atoms with van der Waals surface area (Å²) in [4.78, 5) is 11.1. The van der Waals surface area contributed by atoms with E-state index in [4.69, 9.17) is 0 Å². The van der Waals surface area contributed by atoms with Crippen molar-refractivity contribution in [3.63, 3.8) is 0 Å². The summed E-state index contributed by atoms with van der Waals surface area (Å²) < 4.78 is 0. The average Bonchev–Trinajstić information content (AvgIpc) is 2.17. The second-order valence-corrected chi connectivity index (χ2v) is 3.99. The highest BCUT2D eigenvalue weighted by molar-refractivity contribution is 6.73. The lowest BCUT2D eigenvalue weighted by Crippen LogP contribution is -2.31. The summed E-state index contributed by atoms with van der Waals surface area (Å²) in [6.07, 6.45) is 0. The largest absolute Gasteiger partial charge is 0.299 e. The van der Waals surface area contributed by atoms with Crippen LogP contribution in [0, 0.1) is 0 Å². The van der Waals surface area contributed by atoms with Crippen LogP contribution in [-0.4, -0.2) is 15.1 Å². The first-order chi connectivity index (χ1) is 6.33. The number of para-hydroxylation sites is 1. The molecule has 2 N–H and O–H groups in total. The van der Waals surface area contributed by atoms with Crippen LogP contribution in [0.1, 0.15) is 6.92 Å². The molecule has 13 heavy (non-hydrogen) atoms. The topological polar surface area (TPSA) is 41.1 Å². The van der Waals surface area contributed by atoms with Crippen LogP contribution in [0.25, 0.3) is 0 Å². The van der Waals surface area contributed by atoms with Crippen molar-refractivity contribution in [1.29, 1.82) is 0 Å². The minimum absolute atomic E-state index is 0.0475. The molecule has 4 heteroatoms. The molecule has 1 aromatic carbocycles. The van der Waals surface area contributed by atoms with Gasteiger partial charge in [0.15, 0.2) is 9.52 Å². The number of hydrogen-bond acceptors (Lipinski definition) is 2. The molecule has 68 valence electrons. The van der Waals surface area contributed by atoms with Crippen molar-refractivity contribution < 1.29 is 4.79 Å². The van der Waals surface area contributed by atoms with E-state index in [-0.39, 0.29) is 5.53 Å². The summed E-state index contributed by atoms with van der Waals surface area (Å²) >= 11 is 0. The zero-order chi connectivity index (χ0) is 9.52. The van der Waals surface area contributed by atoms with E-state index in [9.17, 15) is 4.79 Å². The third-order valence-corrected chi connectivity index (χ3v) is 2.23. The van der Waals surface area contributed by atoms with Crippen LogP contribution in [0.4, 0.5) is 10.5 Å². The lowest BCUT2D eigenvalue weighted by molar-refractivity contribution is 0.260. The van der Waals surface area contributed by atoms with Crippen LogP contribution in [0.3, 0.4) is 0 Å². The minimum atomic E-state index is 0.0475. The van der Waals surface area contributed by atoms with Gasteiger partial charge in [-0.3, -0.25) is 15.6 Å². The fraction of sp³-hybridized carbons (Fsp3) is 0.222. The lowest BCUT2D eigenvalue weighted by Gasteiger charge is -2.06. The molecule has 0 spiro atoms. The van der Waals surface area contributed by atoms with E-state index in [1.54, 1.807) is 0 Å². The van der Waals surface area contributed by atoms with Crippen molar-refractivity contribution >= 4 is 20.7 Å². The van der Waals surface area contributed by atoms with E-state index in [2.05, 4.69) is 10.9 Å².